The van der Waals surface area contributed by atoms with Gasteiger partial charge in [-0.2, -0.15) is 5.10 Å². The van der Waals surface area contributed by atoms with Crippen molar-refractivity contribution < 1.29 is 13.9 Å². The van der Waals surface area contributed by atoms with Crippen LogP contribution < -0.4 is 15.6 Å². The summed E-state index contributed by atoms with van der Waals surface area (Å²) < 4.78 is 21.1. The van der Waals surface area contributed by atoms with Gasteiger partial charge in [0, 0.05) is 18.8 Å². The van der Waals surface area contributed by atoms with Crippen LogP contribution in [0.4, 0.5) is 10.1 Å². The number of benzene rings is 1. The number of hydrogen-bond acceptors (Lipinski definition) is 5. The molecule has 0 saturated heterocycles. The normalized spacial score (nSPS) is 10.8. The summed E-state index contributed by atoms with van der Waals surface area (Å²) in [4.78, 5) is 28.5. The van der Waals surface area contributed by atoms with Crippen LogP contribution in [0.25, 0.3) is 11.0 Å². The first kappa shape index (κ1) is 15.7. The zero-order chi connectivity index (χ0) is 17.3. The molecule has 0 radical (unpaired) electrons. The van der Waals surface area contributed by atoms with Gasteiger partial charge in [-0.15, -0.1) is 0 Å². The number of amides is 1. The minimum absolute atomic E-state index is 0.0791. The fraction of sp³-hybridized carbons (Fsp3) is 0.200. The van der Waals surface area contributed by atoms with Crippen LogP contribution in [-0.4, -0.2) is 32.3 Å². The Labute approximate surface area is 135 Å². The number of ether oxygens (including phenoxy) is 1. The van der Waals surface area contributed by atoms with E-state index < -0.39 is 11.7 Å². The van der Waals surface area contributed by atoms with Crippen LogP contribution in [0.3, 0.4) is 0 Å². The third kappa shape index (κ3) is 2.83. The number of carbonyl (C=O) groups is 1. The number of rotatable bonds is 4. The van der Waals surface area contributed by atoms with Gasteiger partial charge in [0.05, 0.1) is 13.3 Å². The van der Waals surface area contributed by atoms with Crippen molar-refractivity contribution in [2.75, 3.05) is 12.4 Å². The molecule has 1 amide bonds. The maximum absolute atomic E-state index is 13.6. The largest absolute Gasteiger partial charge is 0.494 e. The minimum atomic E-state index is -0.592. The Kier molecular flexibility index (Phi) is 3.98. The molecule has 2 heterocycles. The maximum atomic E-state index is 13.6. The second kappa shape index (κ2) is 6.11. The first-order valence-corrected chi connectivity index (χ1v) is 7.00. The Balaban J connectivity index is 1.79. The smallest absolute Gasteiger partial charge is 0.264 e. The molecule has 0 saturated carbocycles. The number of nitrogens with zero attached hydrogens (tertiary/aromatic N) is 4. The highest BCUT2D eigenvalue weighted by atomic mass is 19.1. The van der Waals surface area contributed by atoms with Crippen molar-refractivity contribution in [2.45, 2.75) is 6.54 Å². The van der Waals surface area contributed by atoms with E-state index in [1.165, 1.54) is 41.0 Å². The highest BCUT2D eigenvalue weighted by Gasteiger charge is 2.12. The lowest BCUT2D eigenvalue weighted by Crippen LogP contribution is -2.27. The number of fused-ring (bicyclic) bond motifs is 1. The van der Waals surface area contributed by atoms with E-state index in [1.807, 2.05) is 0 Å². The number of aromatic nitrogens is 4. The fourth-order valence-electron chi connectivity index (χ4n) is 2.28. The predicted molar refractivity (Wildman–Crippen MR) is 84.4 cm³/mol. The van der Waals surface area contributed by atoms with Gasteiger partial charge in [0.25, 0.3) is 5.56 Å². The van der Waals surface area contributed by atoms with Crippen LogP contribution in [0, 0.1) is 5.82 Å². The van der Waals surface area contributed by atoms with Gasteiger partial charge in [0.2, 0.25) is 5.91 Å². The molecule has 0 atom stereocenters. The Bertz CT molecular complexity index is 979. The molecule has 1 N–H and O–H groups in total. The molecule has 24 heavy (non-hydrogen) atoms. The van der Waals surface area contributed by atoms with Gasteiger partial charge >= 0.3 is 0 Å². The predicted octanol–water partition coefficient (Wildman–Crippen LogP) is 0.916. The van der Waals surface area contributed by atoms with Gasteiger partial charge < -0.3 is 10.1 Å². The van der Waals surface area contributed by atoms with Crippen molar-refractivity contribution in [1.82, 2.24) is 19.3 Å². The van der Waals surface area contributed by atoms with E-state index in [0.717, 1.165) is 6.07 Å². The molecule has 124 valence electrons. The lowest BCUT2D eigenvalue weighted by molar-refractivity contribution is -0.116. The van der Waals surface area contributed by atoms with Crippen LogP contribution in [0.1, 0.15) is 0 Å². The molecule has 0 aliphatic carbocycles. The van der Waals surface area contributed by atoms with Crippen LogP contribution in [0.15, 0.2) is 35.5 Å². The van der Waals surface area contributed by atoms with E-state index in [-0.39, 0.29) is 23.5 Å². The minimum Gasteiger partial charge on any atom is -0.494 e. The molecule has 1 aromatic carbocycles. The average Bonchev–Trinajstić information content (AvgIpc) is 2.92. The molecule has 0 aliphatic heterocycles. The van der Waals surface area contributed by atoms with E-state index in [4.69, 9.17) is 4.74 Å². The lowest BCUT2D eigenvalue weighted by atomic mass is 10.3. The third-order valence-corrected chi connectivity index (χ3v) is 3.47. The molecule has 0 fully saturated rings. The summed E-state index contributed by atoms with van der Waals surface area (Å²) in [7, 11) is 3.02. The van der Waals surface area contributed by atoms with E-state index in [9.17, 15) is 14.0 Å². The van der Waals surface area contributed by atoms with Crippen LogP contribution >= 0.6 is 0 Å². The summed E-state index contributed by atoms with van der Waals surface area (Å²) in [5.74, 6) is -0.993. The van der Waals surface area contributed by atoms with Crippen LogP contribution in [0.2, 0.25) is 0 Å². The molecule has 2 aromatic heterocycles. The summed E-state index contributed by atoms with van der Waals surface area (Å²) >= 11 is 0. The SMILES string of the molecule is COc1ccc(NC(=O)Cn2cnc3c(cnn3C)c2=O)cc1F. The monoisotopic (exact) mass is 331 g/mol. The molecule has 3 rings (SSSR count). The second-order valence-electron chi connectivity index (χ2n) is 5.08. The lowest BCUT2D eigenvalue weighted by Gasteiger charge is -2.08. The number of methoxy groups -OCH3 is 1. The van der Waals surface area contributed by atoms with Crippen molar-refractivity contribution in [3.8, 4) is 5.75 Å². The van der Waals surface area contributed by atoms with Gasteiger partial charge in [0.15, 0.2) is 17.2 Å². The first-order chi connectivity index (χ1) is 11.5. The van der Waals surface area contributed by atoms with Gasteiger partial charge in [-0.3, -0.25) is 18.8 Å². The van der Waals surface area contributed by atoms with Crippen molar-refractivity contribution in [3.05, 3.63) is 46.9 Å². The van der Waals surface area contributed by atoms with E-state index in [0.29, 0.717) is 11.0 Å². The van der Waals surface area contributed by atoms with Crippen molar-refractivity contribution in [1.29, 1.82) is 0 Å². The Hall–Kier alpha value is -3.23. The molecular formula is C15H14FN5O3. The summed E-state index contributed by atoms with van der Waals surface area (Å²) in [6.45, 7) is -0.246. The van der Waals surface area contributed by atoms with E-state index in [2.05, 4.69) is 15.4 Å². The molecule has 0 aliphatic rings. The van der Waals surface area contributed by atoms with Gasteiger partial charge in [-0.1, -0.05) is 0 Å². The van der Waals surface area contributed by atoms with E-state index in [1.54, 1.807) is 7.05 Å². The zero-order valence-corrected chi connectivity index (χ0v) is 13.0. The first-order valence-electron chi connectivity index (χ1n) is 7.00. The fourth-order valence-corrected chi connectivity index (χ4v) is 2.28. The topological polar surface area (TPSA) is 91.0 Å². The number of halogens is 1. The van der Waals surface area contributed by atoms with Gasteiger partial charge in [-0.05, 0) is 12.1 Å². The number of carbonyl (C=O) groups excluding carboxylic acids is 1. The molecule has 0 spiro atoms. The number of aryl methyl sites for hydroxylation is 1. The Morgan fingerprint density at radius 3 is 2.92 bits per heavy atom. The van der Waals surface area contributed by atoms with Gasteiger partial charge in [-0.25, -0.2) is 9.37 Å². The highest BCUT2D eigenvalue weighted by Crippen LogP contribution is 2.20. The average molecular weight is 331 g/mol. The second-order valence-corrected chi connectivity index (χ2v) is 5.08. The third-order valence-electron chi connectivity index (χ3n) is 3.47. The summed E-state index contributed by atoms with van der Waals surface area (Å²) in [6, 6.07) is 4.05. The zero-order valence-electron chi connectivity index (χ0n) is 13.0. The number of anilines is 1. The van der Waals surface area contributed by atoms with Crippen LogP contribution in [0.5, 0.6) is 5.75 Å². The molecule has 0 bridgehead atoms. The summed E-state index contributed by atoms with van der Waals surface area (Å²) in [5.41, 5.74) is 0.333. The number of nitrogens with one attached hydrogen (secondary N) is 1. The van der Waals surface area contributed by atoms with Crippen molar-refractivity contribution in [2.24, 2.45) is 7.05 Å². The molecule has 9 heteroatoms. The van der Waals surface area contributed by atoms with Crippen LogP contribution in [-0.2, 0) is 18.4 Å². The number of hydrogen-bond donors (Lipinski definition) is 1. The molecule has 3 aromatic rings. The van der Waals surface area contributed by atoms with Gasteiger partial charge in [0.1, 0.15) is 18.3 Å². The van der Waals surface area contributed by atoms with E-state index >= 15 is 0 Å². The quantitative estimate of drug-likeness (QED) is 0.767. The Morgan fingerprint density at radius 2 is 2.21 bits per heavy atom. The highest BCUT2D eigenvalue weighted by molar-refractivity contribution is 5.90. The standard InChI is InChI=1S/C15H14FN5O3/c1-20-14-10(6-18-20)15(23)21(8-17-14)7-13(22)19-9-3-4-12(24-2)11(16)5-9/h3-6,8H,7H2,1-2H3,(H,19,22). The summed E-state index contributed by atoms with van der Waals surface area (Å²) in [5, 5.41) is 6.80. The van der Waals surface area contributed by atoms with Crippen molar-refractivity contribution >= 4 is 22.6 Å². The Morgan fingerprint density at radius 1 is 1.42 bits per heavy atom. The molecular weight excluding hydrogens is 317 g/mol. The molecule has 0 unspecified atom stereocenters. The maximum Gasteiger partial charge on any atom is 0.264 e. The van der Waals surface area contributed by atoms with Crippen molar-refractivity contribution in [3.63, 3.8) is 0 Å². The molecule has 8 nitrogen and oxygen atoms in total. The summed E-state index contributed by atoms with van der Waals surface area (Å²) in [6.07, 6.45) is 2.68.